The molecule has 1 amide bonds. The van der Waals surface area contributed by atoms with Gasteiger partial charge in [0.2, 0.25) is 5.91 Å². The van der Waals surface area contributed by atoms with Crippen LogP contribution in [0.5, 0.6) is 5.75 Å². The molecular weight excluding hydrogens is 559 g/mol. The molecule has 220 valence electrons. The highest BCUT2D eigenvalue weighted by molar-refractivity contribution is 7.87. The lowest BCUT2D eigenvalue weighted by Crippen LogP contribution is -2.39. The number of carbonyl (C=O) groups is 1. The van der Waals surface area contributed by atoms with Gasteiger partial charge in [-0.05, 0) is 75.7 Å². The molecule has 2 saturated heterocycles. The first-order valence-electron chi connectivity index (χ1n) is 13.5. The summed E-state index contributed by atoms with van der Waals surface area (Å²) >= 11 is 0. The number of hydrogen-bond donors (Lipinski definition) is 3. The third-order valence-corrected chi connectivity index (χ3v) is 8.54. The van der Waals surface area contributed by atoms with Crippen LogP contribution in [0.25, 0.3) is 11.3 Å². The van der Waals surface area contributed by atoms with Crippen molar-refractivity contribution >= 4 is 16.0 Å². The zero-order valence-electron chi connectivity index (χ0n) is 22.5. The number of benzene rings is 2. The summed E-state index contributed by atoms with van der Waals surface area (Å²) < 4.78 is 72.9. The number of hydrogen-bond acceptors (Lipinski definition) is 7. The fraction of sp³-hybridized carbons (Fsp3) is 0.429. The van der Waals surface area contributed by atoms with E-state index in [0.29, 0.717) is 30.4 Å². The van der Waals surface area contributed by atoms with Crippen LogP contribution in [0.1, 0.15) is 42.0 Å². The molecule has 1 aromatic heterocycles. The fourth-order valence-electron chi connectivity index (χ4n) is 5.22. The monoisotopic (exact) mass is 591 g/mol. The van der Waals surface area contributed by atoms with Crippen LogP contribution < -0.4 is 20.1 Å². The molecule has 2 aromatic carbocycles. The first-order chi connectivity index (χ1) is 19.5. The van der Waals surface area contributed by atoms with E-state index in [1.807, 2.05) is 13.0 Å². The van der Waals surface area contributed by atoms with E-state index in [2.05, 4.69) is 16.0 Å². The Labute approximate surface area is 236 Å². The van der Waals surface area contributed by atoms with Crippen LogP contribution in [0, 0.1) is 6.92 Å². The van der Waals surface area contributed by atoms with Gasteiger partial charge in [-0.1, -0.05) is 17.7 Å². The van der Waals surface area contributed by atoms with Crippen LogP contribution in [-0.4, -0.2) is 56.3 Å². The lowest BCUT2D eigenvalue weighted by molar-refractivity contribution is -0.137. The van der Waals surface area contributed by atoms with Crippen molar-refractivity contribution in [1.29, 1.82) is 0 Å². The number of piperidine rings is 1. The number of aryl methyl sites for hydroxylation is 1. The van der Waals surface area contributed by atoms with E-state index < -0.39 is 26.8 Å². The molecule has 2 atom stereocenters. The Balaban J connectivity index is 1.48. The topological polar surface area (TPSA) is 114 Å². The van der Waals surface area contributed by atoms with Gasteiger partial charge in [0.05, 0.1) is 11.3 Å². The summed E-state index contributed by atoms with van der Waals surface area (Å²) in [4.78, 5) is 12.3. The zero-order valence-corrected chi connectivity index (χ0v) is 23.3. The van der Waals surface area contributed by atoms with Crippen molar-refractivity contribution in [1.82, 2.24) is 25.7 Å². The smallest absolute Gasteiger partial charge is 0.378 e. The van der Waals surface area contributed by atoms with Crippen LogP contribution >= 0.6 is 0 Å². The Kier molecular flexibility index (Phi) is 8.39. The molecule has 2 fully saturated rings. The van der Waals surface area contributed by atoms with Crippen LogP contribution in [0.3, 0.4) is 0 Å². The van der Waals surface area contributed by atoms with Gasteiger partial charge < -0.3 is 20.1 Å². The number of nitrogens with one attached hydrogen (secondary N) is 3. The number of aromatic nitrogens is 2. The molecule has 9 nitrogen and oxygen atoms in total. The van der Waals surface area contributed by atoms with E-state index in [4.69, 9.17) is 9.28 Å². The molecule has 0 radical (unpaired) electrons. The van der Waals surface area contributed by atoms with Crippen LogP contribution in [0.2, 0.25) is 0 Å². The summed E-state index contributed by atoms with van der Waals surface area (Å²) in [6.45, 7) is 4.97. The molecule has 3 aromatic rings. The quantitative estimate of drug-likeness (QED) is 0.343. The number of rotatable bonds is 8. The number of amides is 1. The predicted molar refractivity (Wildman–Crippen MR) is 146 cm³/mol. The van der Waals surface area contributed by atoms with E-state index in [1.165, 1.54) is 6.07 Å². The average molecular weight is 592 g/mol. The molecule has 13 heteroatoms. The van der Waals surface area contributed by atoms with Crippen molar-refractivity contribution in [3.05, 3.63) is 65.4 Å². The molecule has 3 N–H and O–H groups in total. The third-order valence-electron chi connectivity index (χ3n) is 7.31. The Morgan fingerprint density at radius 3 is 2.61 bits per heavy atom. The summed E-state index contributed by atoms with van der Waals surface area (Å²) in [5.41, 5.74) is 1.29. The molecule has 41 heavy (non-hydrogen) atoms. The van der Waals surface area contributed by atoms with Crippen LogP contribution in [0.4, 0.5) is 13.2 Å². The van der Waals surface area contributed by atoms with Gasteiger partial charge in [-0.3, -0.25) is 9.48 Å². The molecule has 0 saturated carbocycles. The minimum absolute atomic E-state index is 0.00707. The number of halogens is 3. The molecule has 3 heterocycles. The third kappa shape index (κ3) is 6.91. The van der Waals surface area contributed by atoms with Gasteiger partial charge in [-0.2, -0.15) is 26.7 Å². The van der Waals surface area contributed by atoms with Crippen molar-refractivity contribution in [2.75, 3.05) is 26.2 Å². The number of carbonyl (C=O) groups excluding carboxylic acids is 1. The van der Waals surface area contributed by atoms with E-state index in [-0.39, 0.29) is 30.2 Å². The van der Waals surface area contributed by atoms with Gasteiger partial charge in [0.1, 0.15) is 11.4 Å². The molecule has 0 spiro atoms. The van der Waals surface area contributed by atoms with E-state index in [1.54, 1.807) is 16.8 Å². The average Bonchev–Trinajstić information content (AvgIpc) is 3.60. The van der Waals surface area contributed by atoms with Crippen LogP contribution in [-0.2, 0) is 27.6 Å². The molecule has 5 rings (SSSR count). The standard InChI is InChI=1S/C28H32F3N5O4S/c1-18-7-8-26(40-41(38,39)22-6-2-5-20(13-22)28(29,30)31)23(12-18)24-14-25(19-4-3-10-32-15-19)36(35-24)17-27(37)34-21-9-11-33-16-21/h2,5-8,12-14,19,21,32-33H,3-4,9-11,15-17H2,1H3,(H,34,37)/t19?,21-/m1/s1. The molecular formula is C28H32F3N5O4S. The second kappa shape index (κ2) is 11.8. The van der Waals surface area contributed by atoms with Gasteiger partial charge in [-0.15, -0.1) is 0 Å². The van der Waals surface area contributed by atoms with Crippen molar-refractivity contribution in [3.63, 3.8) is 0 Å². The van der Waals surface area contributed by atoms with Gasteiger partial charge in [-0.25, -0.2) is 0 Å². The Hall–Kier alpha value is -3.42. The fourth-order valence-corrected chi connectivity index (χ4v) is 6.21. The molecule has 2 aliphatic heterocycles. The SMILES string of the molecule is Cc1ccc(OS(=O)(=O)c2cccc(C(F)(F)F)c2)c(-c2cc(C3CCCNC3)n(CC(=O)N[C@@H]3CCNC3)n2)c1. The minimum atomic E-state index is -4.71. The van der Waals surface area contributed by atoms with E-state index in [0.717, 1.165) is 61.8 Å². The summed E-state index contributed by atoms with van der Waals surface area (Å²) in [6, 6.07) is 10.1. The maximum atomic E-state index is 13.2. The normalized spacial score (nSPS) is 19.7. The zero-order chi connectivity index (χ0) is 29.2. The summed E-state index contributed by atoms with van der Waals surface area (Å²) in [5, 5.41) is 14.3. The maximum Gasteiger partial charge on any atom is 0.416 e. The predicted octanol–water partition coefficient (Wildman–Crippen LogP) is 3.59. The first kappa shape index (κ1) is 29.1. The molecule has 1 unspecified atom stereocenters. The highest BCUT2D eigenvalue weighted by atomic mass is 32.2. The second-order valence-electron chi connectivity index (χ2n) is 10.5. The van der Waals surface area contributed by atoms with Crippen molar-refractivity contribution in [2.24, 2.45) is 0 Å². The molecule has 0 aliphatic carbocycles. The lowest BCUT2D eigenvalue weighted by atomic mass is 9.95. The summed E-state index contributed by atoms with van der Waals surface area (Å²) in [7, 11) is -4.61. The van der Waals surface area contributed by atoms with Crippen molar-refractivity contribution in [2.45, 2.75) is 55.8 Å². The Morgan fingerprint density at radius 1 is 1.10 bits per heavy atom. The highest BCUT2D eigenvalue weighted by Crippen LogP contribution is 2.36. The van der Waals surface area contributed by atoms with Crippen LogP contribution in [0.15, 0.2) is 53.4 Å². The number of alkyl halides is 3. The van der Waals surface area contributed by atoms with Gasteiger partial charge in [0.25, 0.3) is 0 Å². The second-order valence-corrected chi connectivity index (χ2v) is 12.0. The summed E-state index contributed by atoms with van der Waals surface area (Å²) in [5.74, 6) is -0.160. The highest BCUT2D eigenvalue weighted by Gasteiger charge is 2.32. The van der Waals surface area contributed by atoms with Gasteiger partial charge in [0, 0.05) is 36.3 Å². The maximum absolute atomic E-state index is 13.2. The van der Waals surface area contributed by atoms with Crippen molar-refractivity contribution < 1.29 is 30.6 Å². The first-order valence-corrected chi connectivity index (χ1v) is 14.9. The Morgan fingerprint density at radius 2 is 1.90 bits per heavy atom. The largest absolute Gasteiger partial charge is 0.416 e. The number of nitrogens with zero attached hydrogens (tertiary/aromatic N) is 2. The molecule has 0 bridgehead atoms. The van der Waals surface area contributed by atoms with Crippen molar-refractivity contribution in [3.8, 4) is 17.0 Å². The van der Waals surface area contributed by atoms with Gasteiger partial charge >= 0.3 is 16.3 Å². The summed E-state index contributed by atoms with van der Waals surface area (Å²) in [6.07, 6.45) is -2.01. The Bertz CT molecular complexity index is 1510. The van der Waals surface area contributed by atoms with E-state index in [9.17, 15) is 26.4 Å². The minimum Gasteiger partial charge on any atom is -0.378 e. The van der Waals surface area contributed by atoms with E-state index >= 15 is 0 Å². The van der Waals surface area contributed by atoms with Gasteiger partial charge in [0.15, 0.2) is 5.75 Å². The lowest BCUT2D eigenvalue weighted by Gasteiger charge is -2.23. The molecule has 2 aliphatic rings.